The highest BCUT2D eigenvalue weighted by atomic mass is 127. The number of nitrogens with one attached hydrogen (secondary N) is 2. The zero-order valence-electron chi connectivity index (χ0n) is 11.4. The Morgan fingerprint density at radius 3 is 2.14 bits per heavy atom. The Kier molecular flexibility index (Phi) is 5.07. The molecule has 0 aliphatic heterocycles. The van der Waals surface area contributed by atoms with Crippen molar-refractivity contribution < 1.29 is 18.4 Å². The summed E-state index contributed by atoms with van der Waals surface area (Å²) in [6.45, 7) is 1.79. The minimum Gasteiger partial charge on any atom is -0.318 e. The normalized spacial score (nSPS) is 10.2. The van der Waals surface area contributed by atoms with Crippen molar-refractivity contribution in [3.63, 3.8) is 0 Å². The molecule has 0 saturated heterocycles. The van der Waals surface area contributed by atoms with Crippen molar-refractivity contribution in [2.75, 3.05) is 10.6 Å². The van der Waals surface area contributed by atoms with Crippen molar-refractivity contribution in [3.05, 3.63) is 57.2 Å². The number of hydrogen-bond acceptors (Lipinski definition) is 2. The molecule has 2 rings (SSSR count). The summed E-state index contributed by atoms with van der Waals surface area (Å²) in [6.07, 6.45) is 0. The second-order valence-electron chi connectivity index (χ2n) is 4.49. The summed E-state index contributed by atoms with van der Waals surface area (Å²) < 4.78 is 27.2. The Morgan fingerprint density at radius 1 is 0.955 bits per heavy atom. The fourth-order valence-electron chi connectivity index (χ4n) is 1.72. The molecule has 7 heteroatoms. The molecular formula is C15H11F2IN2O2. The minimum atomic E-state index is -1.04. The van der Waals surface area contributed by atoms with Crippen molar-refractivity contribution >= 4 is 45.8 Å². The van der Waals surface area contributed by atoms with Crippen LogP contribution >= 0.6 is 22.6 Å². The van der Waals surface area contributed by atoms with Crippen molar-refractivity contribution in [2.24, 2.45) is 0 Å². The van der Waals surface area contributed by atoms with E-state index in [0.29, 0.717) is 11.8 Å². The topological polar surface area (TPSA) is 58.2 Å². The monoisotopic (exact) mass is 416 g/mol. The van der Waals surface area contributed by atoms with E-state index in [1.807, 2.05) is 6.07 Å². The number of anilines is 2. The Bertz CT molecular complexity index is 687. The summed E-state index contributed by atoms with van der Waals surface area (Å²) in [5, 5.41) is 4.53. The van der Waals surface area contributed by atoms with E-state index >= 15 is 0 Å². The zero-order chi connectivity index (χ0) is 16.3. The number of halogens is 3. The maximum absolute atomic E-state index is 13.4. The summed E-state index contributed by atoms with van der Waals surface area (Å²) in [4.78, 5) is 23.6. The van der Waals surface area contributed by atoms with E-state index in [1.165, 1.54) is 0 Å². The van der Waals surface area contributed by atoms with E-state index < -0.39 is 23.4 Å². The van der Waals surface area contributed by atoms with Crippen LogP contribution in [-0.4, -0.2) is 11.8 Å². The molecule has 0 atom stereocenters. The quantitative estimate of drug-likeness (QED) is 0.582. The third-order valence-electron chi connectivity index (χ3n) is 2.82. The first-order valence-electron chi connectivity index (χ1n) is 6.20. The maximum atomic E-state index is 13.4. The Balaban J connectivity index is 2.07. The molecule has 0 heterocycles. The highest BCUT2D eigenvalue weighted by Gasteiger charge is 2.17. The van der Waals surface area contributed by atoms with Crippen molar-refractivity contribution in [2.45, 2.75) is 6.92 Å². The molecule has 22 heavy (non-hydrogen) atoms. The van der Waals surface area contributed by atoms with Gasteiger partial charge in [-0.15, -0.1) is 0 Å². The lowest BCUT2D eigenvalue weighted by Crippen LogP contribution is -2.29. The van der Waals surface area contributed by atoms with Gasteiger partial charge in [-0.25, -0.2) is 8.78 Å². The van der Waals surface area contributed by atoms with E-state index in [2.05, 4.69) is 33.2 Å². The van der Waals surface area contributed by atoms with Crippen LogP contribution < -0.4 is 10.6 Å². The van der Waals surface area contributed by atoms with Crippen LogP contribution in [0.3, 0.4) is 0 Å². The predicted molar refractivity (Wildman–Crippen MR) is 87.5 cm³/mol. The molecule has 0 aromatic heterocycles. The molecule has 0 bridgehead atoms. The number of hydrogen-bond donors (Lipinski definition) is 2. The average Bonchev–Trinajstić information content (AvgIpc) is 2.44. The number of aryl methyl sites for hydroxylation is 1. The number of carbonyl (C=O) groups excluding carboxylic acids is 2. The van der Waals surface area contributed by atoms with E-state index in [4.69, 9.17) is 0 Å². The van der Waals surface area contributed by atoms with E-state index in [-0.39, 0.29) is 5.69 Å². The standard InChI is InChI=1S/C15H11F2IN2O2/c1-8-6-10(18)3-5-12(8)19-14(21)15(22)20-13-4-2-9(16)7-11(13)17/h2-7H,1H3,(H,19,21)(H,20,22). The predicted octanol–water partition coefficient (Wildman–Crippen LogP) is 3.46. The van der Waals surface area contributed by atoms with Crippen LogP contribution in [0.5, 0.6) is 0 Å². The summed E-state index contributed by atoms with van der Waals surface area (Å²) in [5.41, 5.74) is 1.02. The lowest BCUT2D eigenvalue weighted by molar-refractivity contribution is -0.133. The van der Waals surface area contributed by atoms with Gasteiger partial charge in [-0.1, -0.05) is 0 Å². The molecule has 2 N–H and O–H groups in total. The van der Waals surface area contributed by atoms with Gasteiger partial charge in [0.1, 0.15) is 11.6 Å². The number of rotatable bonds is 2. The number of amides is 2. The SMILES string of the molecule is Cc1cc(I)ccc1NC(=O)C(=O)Nc1ccc(F)cc1F. The van der Waals surface area contributed by atoms with Crippen LogP contribution in [0.4, 0.5) is 20.2 Å². The largest absolute Gasteiger partial charge is 0.318 e. The van der Waals surface area contributed by atoms with Crippen LogP contribution in [0.2, 0.25) is 0 Å². The number of carbonyl (C=O) groups is 2. The van der Waals surface area contributed by atoms with Gasteiger partial charge in [0.2, 0.25) is 0 Å². The molecule has 0 aliphatic carbocycles. The van der Waals surface area contributed by atoms with Gasteiger partial charge >= 0.3 is 11.8 Å². The van der Waals surface area contributed by atoms with Crippen LogP contribution in [-0.2, 0) is 9.59 Å². The molecule has 0 aliphatic rings. The lowest BCUT2D eigenvalue weighted by Gasteiger charge is -2.09. The van der Waals surface area contributed by atoms with Crippen LogP contribution in [0.15, 0.2) is 36.4 Å². The van der Waals surface area contributed by atoms with Crippen molar-refractivity contribution in [1.82, 2.24) is 0 Å². The van der Waals surface area contributed by atoms with Gasteiger partial charge in [-0.05, 0) is 65.4 Å². The van der Waals surface area contributed by atoms with Gasteiger partial charge in [0, 0.05) is 15.3 Å². The van der Waals surface area contributed by atoms with Gasteiger partial charge in [0.25, 0.3) is 0 Å². The summed E-state index contributed by atoms with van der Waals surface area (Å²) in [6, 6.07) is 7.94. The highest BCUT2D eigenvalue weighted by molar-refractivity contribution is 14.1. The fourth-order valence-corrected chi connectivity index (χ4v) is 2.36. The maximum Gasteiger partial charge on any atom is 0.314 e. The second kappa shape index (κ2) is 6.82. The van der Waals surface area contributed by atoms with Crippen molar-refractivity contribution in [1.29, 1.82) is 0 Å². The molecule has 4 nitrogen and oxygen atoms in total. The summed E-state index contributed by atoms with van der Waals surface area (Å²) >= 11 is 2.13. The smallest absolute Gasteiger partial charge is 0.314 e. The van der Waals surface area contributed by atoms with Crippen LogP contribution in [0, 0.1) is 22.1 Å². The lowest BCUT2D eigenvalue weighted by atomic mass is 10.2. The first-order chi connectivity index (χ1) is 10.4. The average molecular weight is 416 g/mol. The molecule has 0 saturated carbocycles. The molecule has 0 radical (unpaired) electrons. The molecule has 114 valence electrons. The van der Waals surface area contributed by atoms with E-state index in [1.54, 1.807) is 19.1 Å². The Hall–Kier alpha value is -2.03. The first kappa shape index (κ1) is 16.3. The molecule has 2 aromatic rings. The second-order valence-corrected chi connectivity index (χ2v) is 5.74. The summed E-state index contributed by atoms with van der Waals surface area (Å²) in [7, 11) is 0. The highest BCUT2D eigenvalue weighted by Crippen LogP contribution is 2.18. The van der Waals surface area contributed by atoms with Gasteiger partial charge in [0.05, 0.1) is 5.69 Å². The molecular weight excluding hydrogens is 405 g/mol. The van der Waals surface area contributed by atoms with Gasteiger partial charge in [0.15, 0.2) is 0 Å². The summed E-state index contributed by atoms with van der Waals surface area (Å²) in [5.74, 6) is -3.70. The molecule has 0 unspecified atom stereocenters. The van der Waals surface area contributed by atoms with Gasteiger partial charge in [-0.2, -0.15) is 0 Å². The zero-order valence-corrected chi connectivity index (χ0v) is 13.6. The van der Waals surface area contributed by atoms with Gasteiger partial charge < -0.3 is 10.6 Å². The molecule has 2 aromatic carbocycles. The third-order valence-corrected chi connectivity index (χ3v) is 3.49. The first-order valence-corrected chi connectivity index (χ1v) is 7.28. The van der Waals surface area contributed by atoms with Crippen LogP contribution in [0.1, 0.15) is 5.56 Å². The Labute approximate surface area is 139 Å². The fraction of sp³-hybridized carbons (Fsp3) is 0.0667. The molecule has 2 amide bonds. The Morgan fingerprint density at radius 2 is 1.55 bits per heavy atom. The number of benzene rings is 2. The van der Waals surface area contributed by atoms with Crippen molar-refractivity contribution in [3.8, 4) is 0 Å². The third kappa shape index (κ3) is 4.00. The van der Waals surface area contributed by atoms with Crippen LogP contribution in [0.25, 0.3) is 0 Å². The molecule has 0 spiro atoms. The molecule has 0 fully saturated rings. The van der Waals surface area contributed by atoms with Gasteiger partial charge in [-0.3, -0.25) is 9.59 Å². The van der Waals surface area contributed by atoms with E-state index in [9.17, 15) is 18.4 Å². The minimum absolute atomic E-state index is 0.263. The van der Waals surface area contributed by atoms with E-state index in [0.717, 1.165) is 21.3 Å².